The van der Waals surface area contributed by atoms with Crippen LogP contribution in [0.5, 0.6) is 0 Å². The van der Waals surface area contributed by atoms with E-state index in [0.717, 1.165) is 38.8 Å². The number of hydrogen-bond acceptors (Lipinski definition) is 4. The summed E-state index contributed by atoms with van der Waals surface area (Å²) in [6.07, 6.45) is 6.32. The van der Waals surface area contributed by atoms with Crippen molar-refractivity contribution in [2.75, 3.05) is 13.2 Å². The molecule has 0 N–H and O–H groups in total. The molecule has 1 saturated heterocycles. The number of nitrogens with zero attached hydrogens (tertiary/aromatic N) is 1. The van der Waals surface area contributed by atoms with Gasteiger partial charge in [-0.05, 0) is 67.2 Å². The zero-order chi connectivity index (χ0) is 17.0. The van der Waals surface area contributed by atoms with Crippen molar-refractivity contribution in [1.29, 1.82) is 0 Å². The molecule has 4 heteroatoms. The van der Waals surface area contributed by atoms with Gasteiger partial charge in [0.15, 0.2) is 0 Å². The van der Waals surface area contributed by atoms with Gasteiger partial charge in [-0.1, -0.05) is 0 Å². The number of likely N-dealkylation sites (tertiary alicyclic amines) is 1. The Kier molecular flexibility index (Phi) is 7.33. The third-order valence-corrected chi connectivity index (χ3v) is 5.04. The summed E-state index contributed by atoms with van der Waals surface area (Å²) in [7, 11) is 0. The van der Waals surface area contributed by atoms with E-state index in [4.69, 9.17) is 14.2 Å². The van der Waals surface area contributed by atoms with Crippen molar-refractivity contribution in [2.24, 2.45) is 0 Å². The Morgan fingerprint density at radius 1 is 0.826 bits per heavy atom. The van der Waals surface area contributed by atoms with E-state index in [1.807, 2.05) is 0 Å². The first-order valence-corrected chi connectivity index (χ1v) is 9.53. The summed E-state index contributed by atoms with van der Waals surface area (Å²) < 4.78 is 17.9. The van der Waals surface area contributed by atoms with Crippen LogP contribution in [-0.2, 0) is 14.2 Å². The minimum Gasteiger partial charge on any atom is -0.377 e. The predicted molar refractivity (Wildman–Crippen MR) is 93.9 cm³/mol. The minimum atomic E-state index is 0.320. The van der Waals surface area contributed by atoms with Gasteiger partial charge in [0.25, 0.3) is 0 Å². The van der Waals surface area contributed by atoms with Gasteiger partial charge in [0.1, 0.15) is 0 Å². The molecule has 1 heterocycles. The molecular weight excluding hydrogens is 290 g/mol. The monoisotopic (exact) mass is 327 g/mol. The molecule has 4 nitrogen and oxygen atoms in total. The smallest absolute Gasteiger partial charge is 0.0628 e. The van der Waals surface area contributed by atoms with Crippen LogP contribution in [-0.4, -0.2) is 60.7 Å². The summed E-state index contributed by atoms with van der Waals surface area (Å²) in [5, 5.41) is 0. The largest absolute Gasteiger partial charge is 0.377 e. The van der Waals surface area contributed by atoms with Crippen LogP contribution in [0.3, 0.4) is 0 Å². The molecule has 0 bridgehead atoms. The highest BCUT2D eigenvalue weighted by Crippen LogP contribution is 2.32. The standard InChI is InChI=1S/C19H37NO3/c1-13(2)21-8-7-20-15(5)9-17(10-16(20)6)23-19-11-18(12-19)22-14(3)4/h13-19H,7-12H2,1-6H3/t15-,16+,17?,18?,19?. The maximum Gasteiger partial charge on any atom is 0.0628 e. The van der Waals surface area contributed by atoms with Gasteiger partial charge in [0, 0.05) is 18.6 Å². The molecule has 0 aromatic rings. The summed E-state index contributed by atoms with van der Waals surface area (Å²) in [4.78, 5) is 2.58. The third kappa shape index (κ3) is 6.00. The van der Waals surface area contributed by atoms with Crippen LogP contribution < -0.4 is 0 Å². The van der Waals surface area contributed by atoms with Crippen LogP contribution in [0.1, 0.15) is 67.2 Å². The van der Waals surface area contributed by atoms with E-state index in [-0.39, 0.29) is 0 Å². The quantitative estimate of drug-likeness (QED) is 0.681. The van der Waals surface area contributed by atoms with Crippen LogP contribution in [0.25, 0.3) is 0 Å². The molecule has 2 aliphatic rings. The summed E-state index contributed by atoms with van der Waals surface area (Å²) in [5.41, 5.74) is 0. The molecule has 0 aromatic carbocycles. The van der Waals surface area contributed by atoms with Crippen LogP contribution in [0, 0.1) is 0 Å². The lowest BCUT2D eigenvalue weighted by Crippen LogP contribution is -2.51. The predicted octanol–water partition coefficient (Wildman–Crippen LogP) is 3.63. The molecule has 1 unspecified atom stereocenters. The molecular formula is C19H37NO3. The second-order valence-electron chi connectivity index (χ2n) is 7.99. The molecule has 0 spiro atoms. The Morgan fingerprint density at radius 2 is 1.39 bits per heavy atom. The molecule has 136 valence electrons. The molecule has 0 radical (unpaired) electrons. The first-order chi connectivity index (χ1) is 10.8. The van der Waals surface area contributed by atoms with Gasteiger partial charge in [0.2, 0.25) is 0 Å². The van der Waals surface area contributed by atoms with Gasteiger partial charge in [-0.15, -0.1) is 0 Å². The maximum absolute atomic E-state index is 6.33. The lowest BCUT2D eigenvalue weighted by Gasteiger charge is -2.45. The molecule has 2 fully saturated rings. The van der Waals surface area contributed by atoms with Crippen LogP contribution in [0.15, 0.2) is 0 Å². The highest BCUT2D eigenvalue weighted by Gasteiger charge is 2.37. The van der Waals surface area contributed by atoms with E-state index in [2.05, 4.69) is 46.4 Å². The van der Waals surface area contributed by atoms with Gasteiger partial charge < -0.3 is 14.2 Å². The Balaban J connectivity index is 1.68. The van der Waals surface area contributed by atoms with Crippen molar-refractivity contribution in [3.63, 3.8) is 0 Å². The number of hydrogen-bond donors (Lipinski definition) is 0. The van der Waals surface area contributed by atoms with E-state index in [1.165, 1.54) is 0 Å². The highest BCUT2D eigenvalue weighted by atomic mass is 16.5. The molecule has 1 aliphatic heterocycles. The lowest BCUT2D eigenvalue weighted by atomic mass is 9.89. The average Bonchev–Trinajstić information content (AvgIpc) is 2.38. The van der Waals surface area contributed by atoms with Crippen LogP contribution in [0.4, 0.5) is 0 Å². The number of ether oxygens (including phenoxy) is 3. The molecule has 1 aliphatic carbocycles. The summed E-state index contributed by atoms with van der Waals surface area (Å²) in [6, 6.07) is 1.14. The van der Waals surface area contributed by atoms with Crippen LogP contribution >= 0.6 is 0 Å². The van der Waals surface area contributed by atoms with Crippen molar-refractivity contribution >= 4 is 0 Å². The molecule has 2 rings (SSSR count). The summed E-state index contributed by atoms with van der Waals surface area (Å²) in [5.74, 6) is 0. The van der Waals surface area contributed by atoms with Gasteiger partial charge in [-0.2, -0.15) is 0 Å². The highest BCUT2D eigenvalue weighted by molar-refractivity contribution is 4.88. The first kappa shape index (κ1) is 19.2. The molecule has 3 atom stereocenters. The zero-order valence-electron chi connectivity index (χ0n) is 16.0. The Bertz CT molecular complexity index is 330. The average molecular weight is 328 g/mol. The van der Waals surface area contributed by atoms with Crippen molar-refractivity contribution in [1.82, 2.24) is 4.90 Å². The Hall–Kier alpha value is -0.160. The first-order valence-electron chi connectivity index (χ1n) is 9.53. The Labute approximate surface area is 142 Å². The zero-order valence-corrected chi connectivity index (χ0v) is 16.0. The van der Waals surface area contributed by atoms with Gasteiger partial charge in [-0.25, -0.2) is 0 Å². The van der Waals surface area contributed by atoms with Gasteiger partial charge in [-0.3, -0.25) is 4.90 Å². The number of piperidine rings is 1. The van der Waals surface area contributed by atoms with E-state index >= 15 is 0 Å². The fraction of sp³-hybridized carbons (Fsp3) is 1.00. The van der Waals surface area contributed by atoms with Crippen LogP contribution in [0.2, 0.25) is 0 Å². The molecule has 0 amide bonds. The third-order valence-electron chi connectivity index (χ3n) is 5.04. The van der Waals surface area contributed by atoms with Crippen molar-refractivity contribution < 1.29 is 14.2 Å². The lowest BCUT2D eigenvalue weighted by molar-refractivity contribution is -0.154. The van der Waals surface area contributed by atoms with Gasteiger partial charge >= 0.3 is 0 Å². The van der Waals surface area contributed by atoms with E-state index in [0.29, 0.717) is 42.6 Å². The molecule has 0 aromatic heterocycles. The SMILES string of the molecule is CC(C)OCCN1[C@H](C)CC(OC2CC(OC(C)C)C2)C[C@@H]1C. The van der Waals surface area contributed by atoms with Crippen molar-refractivity contribution in [3.05, 3.63) is 0 Å². The summed E-state index contributed by atoms with van der Waals surface area (Å²) >= 11 is 0. The Morgan fingerprint density at radius 3 is 1.91 bits per heavy atom. The topological polar surface area (TPSA) is 30.9 Å². The molecule has 1 saturated carbocycles. The van der Waals surface area contributed by atoms with Crippen molar-refractivity contribution in [2.45, 2.75) is 110 Å². The minimum absolute atomic E-state index is 0.320. The second kappa shape index (κ2) is 8.80. The fourth-order valence-corrected chi connectivity index (χ4v) is 3.90. The number of rotatable bonds is 8. The van der Waals surface area contributed by atoms with E-state index < -0.39 is 0 Å². The summed E-state index contributed by atoms with van der Waals surface area (Å²) in [6.45, 7) is 14.9. The maximum atomic E-state index is 6.33. The normalized spacial score (nSPS) is 35.7. The van der Waals surface area contributed by atoms with E-state index in [9.17, 15) is 0 Å². The van der Waals surface area contributed by atoms with Crippen molar-refractivity contribution in [3.8, 4) is 0 Å². The molecule has 23 heavy (non-hydrogen) atoms. The van der Waals surface area contributed by atoms with Gasteiger partial charge in [0.05, 0.1) is 37.1 Å². The fourth-order valence-electron chi connectivity index (χ4n) is 3.90. The van der Waals surface area contributed by atoms with E-state index in [1.54, 1.807) is 0 Å². The second-order valence-corrected chi connectivity index (χ2v) is 7.99.